The predicted molar refractivity (Wildman–Crippen MR) is 125 cm³/mol. The van der Waals surface area contributed by atoms with E-state index >= 15 is 0 Å². The number of carbonyl (C=O) groups is 1. The lowest BCUT2D eigenvalue weighted by atomic mass is 9.99. The van der Waals surface area contributed by atoms with Crippen molar-refractivity contribution in [2.45, 2.75) is 36.7 Å². The molecule has 6 nitrogen and oxygen atoms in total. The fraction of sp³-hybridized carbons (Fsp3) is 0.320. The van der Waals surface area contributed by atoms with Crippen LogP contribution in [0.15, 0.2) is 71.6 Å². The average molecular weight is 453 g/mol. The van der Waals surface area contributed by atoms with E-state index in [1.807, 2.05) is 42.5 Å². The number of rotatable bonds is 7. The molecule has 7 heteroatoms. The highest BCUT2D eigenvalue weighted by atomic mass is 32.2. The maximum atomic E-state index is 12.7. The first-order valence-corrected chi connectivity index (χ1v) is 12.4. The summed E-state index contributed by atoms with van der Waals surface area (Å²) in [6.45, 7) is 1.39. The van der Waals surface area contributed by atoms with Gasteiger partial charge in [0.1, 0.15) is 0 Å². The molecule has 0 aromatic heterocycles. The van der Waals surface area contributed by atoms with Crippen LogP contribution in [-0.4, -0.2) is 43.4 Å². The fourth-order valence-electron chi connectivity index (χ4n) is 4.15. The highest BCUT2D eigenvalue weighted by Crippen LogP contribution is 2.26. The van der Waals surface area contributed by atoms with Gasteiger partial charge in [0.05, 0.1) is 11.0 Å². The third kappa shape index (κ3) is 4.85. The van der Waals surface area contributed by atoms with Crippen molar-refractivity contribution in [2.75, 3.05) is 19.6 Å². The largest absolute Gasteiger partial charge is 0.388 e. The molecule has 1 saturated heterocycles. The van der Waals surface area contributed by atoms with Gasteiger partial charge in [0.2, 0.25) is 10.0 Å². The Morgan fingerprint density at radius 2 is 1.62 bits per heavy atom. The van der Waals surface area contributed by atoms with Crippen LogP contribution >= 0.6 is 0 Å². The molecule has 0 bridgehead atoms. The summed E-state index contributed by atoms with van der Waals surface area (Å²) in [6, 6.07) is 19.7. The maximum absolute atomic E-state index is 12.7. The number of amides is 1. The second-order valence-corrected chi connectivity index (χ2v) is 10.1. The number of carbonyl (C=O) groups excluding carboxylic acids is 1. The number of sulfonamides is 1. The van der Waals surface area contributed by atoms with Crippen molar-refractivity contribution >= 4 is 26.7 Å². The van der Waals surface area contributed by atoms with Crippen LogP contribution in [0, 0.1) is 0 Å². The Labute approximate surface area is 188 Å². The van der Waals surface area contributed by atoms with Crippen LogP contribution in [0.3, 0.4) is 0 Å². The minimum atomic E-state index is -3.51. The molecular formula is C25H28N2O4S. The van der Waals surface area contributed by atoms with Gasteiger partial charge in [0, 0.05) is 25.2 Å². The zero-order valence-electron chi connectivity index (χ0n) is 17.9. The van der Waals surface area contributed by atoms with Crippen molar-refractivity contribution in [3.63, 3.8) is 0 Å². The number of benzene rings is 3. The molecule has 0 aliphatic carbocycles. The first-order valence-electron chi connectivity index (χ1n) is 11.0. The topological polar surface area (TPSA) is 86.7 Å². The smallest absolute Gasteiger partial charge is 0.251 e. The minimum Gasteiger partial charge on any atom is -0.388 e. The summed E-state index contributed by atoms with van der Waals surface area (Å²) in [4.78, 5) is 12.7. The molecule has 32 heavy (non-hydrogen) atoms. The van der Waals surface area contributed by atoms with Crippen molar-refractivity contribution in [2.24, 2.45) is 0 Å². The van der Waals surface area contributed by atoms with E-state index in [1.165, 1.54) is 28.6 Å². The Kier molecular flexibility index (Phi) is 6.89. The molecule has 4 rings (SSSR count). The van der Waals surface area contributed by atoms with Gasteiger partial charge in [-0.05, 0) is 59.9 Å². The molecule has 0 spiro atoms. The maximum Gasteiger partial charge on any atom is 0.251 e. The average Bonchev–Trinajstić information content (AvgIpc) is 2.84. The number of fused-ring (bicyclic) bond motifs is 1. The standard InChI is InChI=1S/C25H28N2O4S/c28-24(23-10-6-8-19-7-2-3-9-22(19)23)15-16-26-25(29)20-11-13-21(14-12-20)32(30,31)27-17-4-1-5-18-27/h2-3,6-14,24,28H,1,4-5,15-18H2,(H,26,29). The lowest BCUT2D eigenvalue weighted by molar-refractivity contribution is 0.0943. The Balaban J connectivity index is 1.35. The number of nitrogens with one attached hydrogen (secondary N) is 1. The number of aliphatic hydroxyl groups is 1. The van der Waals surface area contributed by atoms with Crippen molar-refractivity contribution < 1.29 is 18.3 Å². The molecule has 2 N–H and O–H groups in total. The minimum absolute atomic E-state index is 0.210. The van der Waals surface area contributed by atoms with Gasteiger partial charge in [0.15, 0.2) is 0 Å². The lowest BCUT2D eigenvalue weighted by Crippen LogP contribution is -2.35. The van der Waals surface area contributed by atoms with Gasteiger partial charge in [-0.15, -0.1) is 0 Å². The first-order chi connectivity index (χ1) is 15.5. The molecule has 1 atom stereocenters. The van der Waals surface area contributed by atoms with E-state index in [2.05, 4.69) is 5.32 Å². The predicted octanol–water partition coefficient (Wildman–Crippen LogP) is 3.87. The van der Waals surface area contributed by atoms with Crippen molar-refractivity contribution in [1.82, 2.24) is 9.62 Å². The van der Waals surface area contributed by atoms with E-state index in [9.17, 15) is 18.3 Å². The molecular weight excluding hydrogens is 424 g/mol. The number of nitrogens with zero attached hydrogens (tertiary/aromatic N) is 1. The Morgan fingerprint density at radius 1 is 0.938 bits per heavy atom. The summed E-state index contributed by atoms with van der Waals surface area (Å²) in [5, 5.41) is 15.5. The number of aliphatic hydroxyl groups excluding tert-OH is 1. The molecule has 0 radical (unpaired) electrons. The molecule has 1 fully saturated rings. The Hall–Kier alpha value is -2.74. The fourth-order valence-corrected chi connectivity index (χ4v) is 5.67. The van der Waals surface area contributed by atoms with Crippen LogP contribution < -0.4 is 5.32 Å². The normalized spacial score (nSPS) is 16.0. The highest BCUT2D eigenvalue weighted by molar-refractivity contribution is 7.89. The van der Waals surface area contributed by atoms with E-state index < -0.39 is 16.1 Å². The van der Waals surface area contributed by atoms with Crippen molar-refractivity contribution in [1.29, 1.82) is 0 Å². The van der Waals surface area contributed by atoms with Gasteiger partial charge in [-0.1, -0.05) is 48.9 Å². The van der Waals surface area contributed by atoms with Gasteiger partial charge < -0.3 is 10.4 Å². The van der Waals surface area contributed by atoms with Gasteiger partial charge in [-0.25, -0.2) is 8.42 Å². The third-order valence-corrected chi connectivity index (χ3v) is 7.87. The van der Waals surface area contributed by atoms with Crippen molar-refractivity contribution in [3.8, 4) is 0 Å². The van der Waals surface area contributed by atoms with E-state index in [0.29, 0.717) is 31.6 Å². The summed E-state index contributed by atoms with van der Waals surface area (Å²) in [6.07, 6.45) is 2.49. The zero-order valence-corrected chi connectivity index (χ0v) is 18.7. The molecule has 3 aromatic carbocycles. The summed E-state index contributed by atoms with van der Waals surface area (Å²) in [5.74, 6) is -0.294. The zero-order chi connectivity index (χ0) is 22.6. The molecule has 1 heterocycles. The Morgan fingerprint density at radius 3 is 2.38 bits per heavy atom. The molecule has 1 amide bonds. The summed E-state index contributed by atoms with van der Waals surface area (Å²) in [5.41, 5.74) is 1.23. The van der Waals surface area contributed by atoms with Crippen molar-refractivity contribution in [3.05, 3.63) is 77.9 Å². The van der Waals surface area contributed by atoms with E-state index in [4.69, 9.17) is 0 Å². The van der Waals surface area contributed by atoms with Gasteiger partial charge in [0.25, 0.3) is 5.91 Å². The van der Waals surface area contributed by atoms with E-state index in [0.717, 1.165) is 35.6 Å². The third-order valence-electron chi connectivity index (χ3n) is 5.96. The van der Waals surface area contributed by atoms with Gasteiger partial charge in [-0.3, -0.25) is 4.79 Å². The molecule has 3 aromatic rings. The SMILES string of the molecule is O=C(NCCC(O)c1cccc2ccccc12)c1ccc(S(=O)(=O)N2CCCCC2)cc1. The molecule has 1 aliphatic rings. The van der Waals surface area contributed by atoms with Crippen LogP contribution in [0.25, 0.3) is 10.8 Å². The van der Waals surface area contributed by atoms with Gasteiger partial charge in [-0.2, -0.15) is 4.31 Å². The van der Waals surface area contributed by atoms with E-state index in [1.54, 1.807) is 0 Å². The van der Waals surface area contributed by atoms with Crippen LogP contribution in [0.2, 0.25) is 0 Å². The van der Waals surface area contributed by atoms with Gasteiger partial charge >= 0.3 is 0 Å². The molecule has 168 valence electrons. The highest BCUT2D eigenvalue weighted by Gasteiger charge is 2.26. The first kappa shape index (κ1) is 22.5. The summed E-state index contributed by atoms with van der Waals surface area (Å²) in [7, 11) is -3.51. The second-order valence-electron chi connectivity index (χ2n) is 8.12. The molecule has 1 aliphatic heterocycles. The quantitative estimate of drug-likeness (QED) is 0.570. The van der Waals surface area contributed by atoms with Crippen LogP contribution in [0.1, 0.15) is 47.7 Å². The van der Waals surface area contributed by atoms with Crippen LogP contribution in [0.5, 0.6) is 0 Å². The lowest BCUT2D eigenvalue weighted by Gasteiger charge is -2.25. The number of piperidine rings is 1. The summed E-state index contributed by atoms with van der Waals surface area (Å²) < 4.78 is 27.0. The number of hydrogen-bond acceptors (Lipinski definition) is 4. The summed E-state index contributed by atoms with van der Waals surface area (Å²) >= 11 is 0. The Bertz CT molecular complexity index is 1180. The molecule has 1 unspecified atom stereocenters. The van der Waals surface area contributed by atoms with Crippen LogP contribution in [-0.2, 0) is 10.0 Å². The number of hydrogen-bond donors (Lipinski definition) is 2. The molecule has 0 saturated carbocycles. The monoisotopic (exact) mass is 452 g/mol. The van der Waals surface area contributed by atoms with Crippen LogP contribution in [0.4, 0.5) is 0 Å². The second kappa shape index (κ2) is 9.81. The van der Waals surface area contributed by atoms with E-state index in [-0.39, 0.29) is 10.8 Å².